The van der Waals surface area contributed by atoms with Gasteiger partial charge in [0.25, 0.3) is 0 Å². The van der Waals surface area contributed by atoms with Crippen LogP contribution in [0.5, 0.6) is 0 Å². The van der Waals surface area contributed by atoms with E-state index in [1.165, 1.54) is 33.6 Å². The Balaban J connectivity index is 1.95. The van der Waals surface area contributed by atoms with Crippen molar-refractivity contribution < 1.29 is 4.39 Å². The third-order valence-corrected chi connectivity index (χ3v) is 6.11. The zero-order valence-electron chi connectivity index (χ0n) is 17.6. The molecule has 2 heteroatoms. The molecular weight excluding hydrogens is 345 g/mol. The molecule has 1 aliphatic carbocycles. The molecule has 0 saturated heterocycles. The Labute approximate surface area is 167 Å². The molecule has 3 aromatic carbocycles. The molecular formula is C26H28FN. The van der Waals surface area contributed by atoms with Crippen LogP contribution in [-0.4, -0.2) is 6.04 Å². The number of anilines is 2. The maximum absolute atomic E-state index is 14.0. The Bertz CT molecular complexity index is 1060. The first-order valence-corrected chi connectivity index (χ1v) is 10.0. The van der Waals surface area contributed by atoms with Crippen LogP contribution in [0.4, 0.5) is 15.8 Å². The van der Waals surface area contributed by atoms with Crippen LogP contribution in [0.3, 0.4) is 0 Å². The Hall–Kier alpha value is -2.61. The van der Waals surface area contributed by atoms with Gasteiger partial charge in [-0.15, -0.1) is 0 Å². The van der Waals surface area contributed by atoms with Crippen LogP contribution in [0.2, 0.25) is 0 Å². The highest BCUT2D eigenvalue weighted by molar-refractivity contribution is 5.85. The molecule has 3 aromatic rings. The van der Waals surface area contributed by atoms with Crippen LogP contribution in [0.25, 0.3) is 11.1 Å². The molecule has 0 spiro atoms. The van der Waals surface area contributed by atoms with Gasteiger partial charge in [-0.2, -0.15) is 0 Å². The van der Waals surface area contributed by atoms with E-state index in [9.17, 15) is 4.39 Å². The monoisotopic (exact) mass is 373 g/mol. The van der Waals surface area contributed by atoms with E-state index in [1.54, 1.807) is 12.1 Å². The number of fused-ring (bicyclic) bond motifs is 3. The molecule has 4 rings (SSSR count). The third kappa shape index (κ3) is 2.74. The second-order valence-electron chi connectivity index (χ2n) is 8.75. The van der Waals surface area contributed by atoms with E-state index in [0.29, 0.717) is 6.04 Å². The predicted molar refractivity (Wildman–Crippen MR) is 117 cm³/mol. The van der Waals surface area contributed by atoms with Gasteiger partial charge >= 0.3 is 0 Å². The minimum absolute atomic E-state index is 0.144. The summed E-state index contributed by atoms with van der Waals surface area (Å²) in [5.41, 5.74) is 9.46. The number of hydrogen-bond donors (Lipinski definition) is 0. The molecule has 1 nitrogen and oxygen atoms in total. The standard InChI is InChI=1S/C26H28FN/c1-16(2)28(24-10-8-7-9-17(24)3)25-15-23-20(13-18(25)4)21-14-19(27)11-12-22(21)26(23,5)6/h7-16H,1-6H3. The first kappa shape index (κ1) is 18.7. The number of nitrogens with zero attached hydrogens (tertiary/aromatic N) is 1. The fourth-order valence-electron chi connectivity index (χ4n) is 4.65. The fraction of sp³-hybridized carbons (Fsp3) is 0.308. The van der Waals surface area contributed by atoms with Crippen molar-refractivity contribution in [2.45, 2.75) is 53.0 Å². The molecule has 144 valence electrons. The summed E-state index contributed by atoms with van der Waals surface area (Å²) >= 11 is 0. The summed E-state index contributed by atoms with van der Waals surface area (Å²) in [5, 5.41) is 0. The third-order valence-electron chi connectivity index (χ3n) is 6.11. The zero-order chi connectivity index (χ0) is 20.2. The van der Waals surface area contributed by atoms with Gasteiger partial charge in [0.2, 0.25) is 0 Å². The molecule has 0 bridgehead atoms. The topological polar surface area (TPSA) is 3.24 Å². The summed E-state index contributed by atoms with van der Waals surface area (Å²) in [5.74, 6) is -0.173. The van der Waals surface area contributed by atoms with Crippen molar-refractivity contribution in [2.75, 3.05) is 4.90 Å². The lowest BCUT2D eigenvalue weighted by atomic mass is 9.82. The van der Waals surface area contributed by atoms with Gasteiger partial charge in [0, 0.05) is 22.8 Å². The van der Waals surface area contributed by atoms with E-state index in [2.05, 4.69) is 82.8 Å². The largest absolute Gasteiger partial charge is 0.338 e. The van der Waals surface area contributed by atoms with Crippen LogP contribution in [-0.2, 0) is 5.41 Å². The minimum Gasteiger partial charge on any atom is -0.338 e. The Kier molecular flexibility index (Phi) is 4.33. The minimum atomic E-state index is -0.173. The highest BCUT2D eigenvalue weighted by Gasteiger charge is 2.36. The van der Waals surface area contributed by atoms with E-state index in [4.69, 9.17) is 0 Å². The van der Waals surface area contributed by atoms with Gasteiger partial charge in [-0.3, -0.25) is 0 Å². The van der Waals surface area contributed by atoms with Crippen LogP contribution >= 0.6 is 0 Å². The lowest BCUT2D eigenvalue weighted by molar-refractivity contribution is 0.622. The van der Waals surface area contributed by atoms with E-state index >= 15 is 0 Å². The number of hydrogen-bond acceptors (Lipinski definition) is 1. The van der Waals surface area contributed by atoms with Crippen molar-refractivity contribution in [3.63, 3.8) is 0 Å². The van der Waals surface area contributed by atoms with Crippen LogP contribution in [0, 0.1) is 19.7 Å². The quantitative estimate of drug-likeness (QED) is 0.466. The van der Waals surface area contributed by atoms with Gasteiger partial charge in [0.1, 0.15) is 5.82 Å². The van der Waals surface area contributed by atoms with Crippen molar-refractivity contribution >= 4 is 11.4 Å². The average molecular weight is 374 g/mol. The van der Waals surface area contributed by atoms with Crippen LogP contribution < -0.4 is 4.90 Å². The van der Waals surface area contributed by atoms with Gasteiger partial charge in [0.05, 0.1) is 0 Å². The molecule has 28 heavy (non-hydrogen) atoms. The maximum atomic E-state index is 14.0. The highest BCUT2D eigenvalue weighted by Crippen LogP contribution is 2.51. The zero-order valence-corrected chi connectivity index (χ0v) is 17.6. The first-order valence-electron chi connectivity index (χ1n) is 10.0. The molecule has 0 aliphatic heterocycles. The van der Waals surface area contributed by atoms with Gasteiger partial charge in [0.15, 0.2) is 0 Å². The first-order chi connectivity index (χ1) is 13.2. The van der Waals surface area contributed by atoms with Gasteiger partial charge in [-0.05, 0) is 91.4 Å². The van der Waals surface area contributed by atoms with Gasteiger partial charge in [-0.1, -0.05) is 38.1 Å². The molecule has 0 amide bonds. The number of aryl methyl sites for hydroxylation is 2. The average Bonchev–Trinajstić information content (AvgIpc) is 2.83. The second-order valence-corrected chi connectivity index (χ2v) is 8.75. The molecule has 0 unspecified atom stereocenters. The highest BCUT2D eigenvalue weighted by atomic mass is 19.1. The van der Waals surface area contributed by atoms with Crippen LogP contribution in [0.1, 0.15) is 49.9 Å². The van der Waals surface area contributed by atoms with E-state index in [1.807, 2.05) is 6.07 Å². The van der Waals surface area contributed by atoms with E-state index < -0.39 is 0 Å². The van der Waals surface area contributed by atoms with E-state index in [0.717, 1.165) is 11.1 Å². The summed E-state index contributed by atoms with van der Waals surface area (Å²) in [6.07, 6.45) is 0. The lowest BCUT2D eigenvalue weighted by Gasteiger charge is -2.33. The SMILES string of the molecule is Cc1ccccc1N(c1cc2c(cc1C)-c1cc(F)ccc1C2(C)C)C(C)C. The van der Waals surface area contributed by atoms with Crippen molar-refractivity contribution in [2.24, 2.45) is 0 Å². The molecule has 0 radical (unpaired) electrons. The molecule has 0 fully saturated rings. The van der Waals surface area contributed by atoms with Crippen molar-refractivity contribution in [1.29, 1.82) is 0 Å². The van der Waals surface area contributed by atoms with Gasteiger partial charge < -0.3 is 4.90 Å². The van der Waals surface area contributed by atoms with Crippen molar-refractivity contribution in [1.82, 2.24) is 0 Å². The molecule has 0 saturated carbocycles. The summed E-state index contributed by atoms with van der Waals surface area (Å²) in [6, 6.07) is 18.6. The molecule has 0 N–H and O–H groups in total. The Morgan fingerprint density at radius 2 is 1.46 bits per heavy atom. The summed E-state index contributed by atoms with van der Waals surface area (Å²) in [6.45, 7) is 13.3. The molecule has 0 aromatic heterocycles. The summed E-state index contributed by atoms with van der Waals surface area (Å²) in [7, 11) is 0. The van der Waals surface area contributed by atoms with Crippen LogP contribution in [0.15, 0.2) is 54.6 Å². The number of para-hydroxylation sites is 1. The summed E-state index contributed by atoms with van der Waals surface area (Å²) < 4.78 is 14.0. The van der Waals surface area contributed by atoms with Gasteiger partial charge in [-0.25, -0.2) is 4.39 Å². The number of halogens is 1. The maximum Gasteiger partial charge on any atom is 0.123 e. The lowest BCUT2D eigenvalue weighted by Crippen LogP contribution is -2.27. The fourth-order valence-corrected chi connectivity index (χ4v) is 4.65. The number of benzene rings is 3. The second kappa shape index (κ2) is 6.48. The Morgan fingerprint density at radius 1 is 0.786 bits per heavy atom. The molecule has 0 atom stereocenters. The smallest absolute Gasteiger partial charge is 0.123 e. The summed E-state index contributed by atoms with van der Waals surface area (Å²) in [4.78, 5) is 2.42. The Morgan fingerprint density at radius 3 is 2.14 bits per heavy atom. The number of rotatable bonds is 3. The normalized spacial score (nSPS) is 14.1. The molecule has 0 heterocycles. The molecule has 1 aliphatic rings. The predicted octanol–water partition coefficient (Wildman–Crippen LogP) is 7.30. The van der Waals surface area contributed by atoms with Crippen molar-refractivity contribution in [3.05, 3.63) is 82.7 Å². The van der Waals surface area contributed by atoms with E-state index in [-0.39, 0.29) is 11.2 Å². The van der Waals surface area contributed by atoms with Crippen molar-refractivity contribution in [3.8, 4) is 11.1 Å².